The third-order valence-electron chi connectivity index (χ3n) is 3.80. The lowest BCUT2D eigenvalue weighted by molar-refractivity contribution is -0.139. The summed E-state index contributed by atoms with van der Waals surface area (Å²) in [7, 11) is 0. The molecule has 1 atom stereocenters. The molecule has 0 aliphatic rings. The first-order chi connectivity index (χ1) is 13.3. The second kappa shape index (κ2) is 8.14. The van der Waals surface area contributed by atoms with Crippen molar-refractivity contribution in [3.05, 3.63) is 36.0 Å². The van der Waals surface area contributed by atoms with Gasteiger partial charge in [-0.1, -0.05) is 18.2 Å². The smallest absolute Gasteiger partial charge is 0.419 e. The van der Waals surface area contributed by atoms with E-state index >= 15 is 0 Å². The Morgan fingerprint density at radius 1 is 1.03 bits per heavy atom. The van der Waals surface area contributed by atoms with Crippen molar-refractivity contribution in [1.29, 1.82) is 0 Å². The highest BCUT2D eigenvalue weighted by Crippen LogP contribution is 2.24. The van der Waals surface area contributed by atoms with Crippen LogP contribution in [0.15, 0.2) is 30.5 Å². The molecule has 1 aromatic carbocycles. The topological polar surface area (TPSA) is 107 Å². The van der Waals surface area contributed by atoms with Gasteiger partial charge in [-0.25, -0.2) is 14.4 Å². The van der Waals surface area contributed by atoms with Gasteiger partial charge in [-0.05, 0) is 53.2 Å². The second-order valence-corrected chi connectivity index (χ2v) is 8.76. The zero-order valence-corrected chi connectivity index (χ0v) is 17.6. The number of hydrogen-bond donors (Lipinski definition) is 2. The summed E-state index contributed by atoms with van der Waals surface area (Å²) in [5, 5.41) is 12.6. The average Bonchev–Trinajstić information content (AvgIpc) is 2.90. The van der Waals surface area contributed by atoms with Crippen LogP contribution in [0, 0.1) is 0 Å². The van der Waals surface area contributed by atoms with E-state index in [1.807, 2.05) is 0 Å². The Hall–Kier alpha value is -3.03. The molecule has 1 heterocycles. The quantitative estimate of drug-likeness (QED) is 0.799. The number of alkyl carbamates (subject to hydrolysis) is 1. The van der Waals surface area contributed by atoms with Gasteiger partial charge in [-0.15, -0.1) is 0 Å². The van der Waals surface area contributed by atoms with E-state index in [9.17, 15) is 19.5 Å². The van der Waals surface area contributed by atoms with Crippen molar-refractivity contribution in [2.24, 2.45) is 0 Å². The zero-order valence-electron chi connectivity index (χ0n) is 17.6. The number of carbonyl (C=O) groups is 3. The number of carboxylic acids is 1. The summed E-state index contributed by atoms with van der Waals surface area (Å²) in [4.78, 5) is 36.3. The van der Waals surface area contributed by atoms with Gasteiger partial charge in [0.15, 0.2) is 0 Å². The molecule has 0 saturated carbocycles. The fraction of sp³-hybridized carbons (Fsp3) is 0.476. The largest absolute Gasteiger partial charge is 0.480 e. The highest BCUT2D eigenvalue weighted by Gasteiger charge is 2.27. The van der Waals surface area contributed by atoms with Crippen molar-refractivity contribution >= 4 is 29.1 Å². The Labute approximate surface area is 169 Å². The van der Waals surface area contributed by atoms with Gasteiger partial charge in [-0.2, -0.15) is 0 Å². The Morgan fingerprint density at radius 2 is 1.62 bits per heavy atom. The lowest BCUT2D eigenvalue weighted by Crippen LogP contribution is -2.44. The van der Waals surface area contributed by atoms with Crippen molar-refractivity contribution in [3.8, 4) is 0 Å². The summed E-state index contributed by atoms with van der Waals surface area (Å²) in [5.41, 5.74) is -0.238. The van der Waals surface area contributed by atoms with Crippen LogP contribution in [0.2, 0.25) is 0 Å². The first-order valence-electron chi connectivity index (χ1n) is 9.31. The van der Waals surface area contributed by atoms with E-state index in [1.165, 1.54) is 4.57 Å². The van der Waals surface area contributed by atoms with Crippen LogP contribution in [0.25, 0.3) is 10.9 Å². The van der Waals surface area contributed by atoms with E-state index < -0.39 is 35.4 Å². The summed E-state index contributed by atoms with van der Waals surface area (Å²) < 4.78 is 11.9. The number of aliphatic carboxylic acids is 1. The van der Waals surface area contributed by atoms with Crippen molar-refractivity contribution < 1.29 is 29.0 Å². The molecule has 8 nitrogen and oxygen atoms in total. The number of fused-ring (bicyclic) bond motifs is 1. The number of hydrogen-bond acceptors (Lipinski definition) is 5. The average molecular weight is 404 g/mol. The molecule has 0 aliphatic heterocycles. The van der Waals surface area contributed by atoms with Crippen LogP contribution in [-0.2, 0) is 20.7 Å². The molecular weight excluding hydrogens is 376 g/mol. The molecule has 0 bridgehead atoms. The third kappa shape index (κ3) is 6.23. The molecule has 0 saturated heterocycles. The van der Waals surface area contributed by atoms with Gasteiger partial charge in [0.2, 0.25) is 0 Å². The van der Waals surface area contributed by atoms with Gasteiger partial charge < -0.3 is 19.9 Å². The molecule has 2 N–H and O–H groups in total. The molecule has 0 aliphatic carbocycles. The van der Waals surface area contributed by atoms with Crippen molar-refractivity contribution in [3.63, 3.8) is 0 Å². The van der Waals surface area contributed by atoms with E-state index in [1.54, 1.807) is 72.0 Å². The summed E-state index contributed by atoms with van der Waals surface area (Å²) in [6, 6.07) is 5.89. The first kappa shape index (κ1) is 22.3. The zero-order chi connectivity index (χ0) is 22.0. The molecule has 0 spiro atoms. The van der Waals surface area contributed by atoms with Gasteiger partial charge in [0, 0.05) is 18.0 Å². The normalized spacial score (nSPS) is 13.0. The lowest BCUT2D eigenvalue weighted by Gasteiger charge is -2.22. The fourth-order valence-corrected chi connectivity index (χ4v) is 2.74. The number of aromatic nitrogens is 1. The van der Waals surface area contributed by atoms with Crippen LogP contribution in [0.1, 0.15) is 47.1 Å². The number of carboxylic acid groups (broad SMARTS) is 1. The fourth-order valence-electron chi connectivity index (χ4n) is 2.74. The van der Waals surface area contributed by atoms with E-state index in [4.69, 9.17) is 9.47 Å². The number of ether oxygens (including phenoxy) is 2. The van der Waals surface area contributed by atoms with Gasteiger partial charge in [0.05, 0.1) is 5.52 Å². The molecule has 2 aromatic rings. The Bertz CT molecular complexity index is 917. The van der Waals surface area contributed by atoms with Gasteiger partial charge in [-0.3, -0.25) is 4.57 Å². The highest BCUT2D eigenvalue weighted by molar-refractivity contribution is 5.92. The van der Waals surface area contributed by atoms with E-state index in [2.05, 4.69) is 5.32 Å². The van der Waals surface area contributed by atoms with Gasteiger partial charge >= 0.3 is 18.2 Å². The Kier molecular flexibility index (Phi) is 6.25. The molecule has 1 amide bonds. The van der Waals surface area contributed by atoms with E-state index in [0.29, 0.717) is 16.5 Å². The number of amides is 1. The maximum absolute atomic E-state index is 12.6. The Morgan fingerprint density at radius 3 is 2.17 bits per heavy atom. The minimum atomic E-state index is -1.22. The van der Waals surface area contributed by atoms with Crippen molar-refractivity contribution in [2.75, 3.05) is 0 Å². The predicted molar refractivity (Wildman–Crippen MR) is 108 cm³/mol. The van der Waals surface area contributed by atoms with Crippen LogP contribution in [0.3, 0.4) is 0 Å². The maximum Gasteiger partial charge on any atom is 0.419 e. The molecule has 158 valence electrons. The molecular formula is C21H28N2O6. The standard InChI is InChI=1S/C21H28N2O6/c1-20(2,3)28-18(26)22-15(17(24)25)11-13-12-23(19(27)29-21(4,5)6)16-10-8-7-9-14(13)16/h7-10,12,15H,11H2,1-6H3,(H,22,26)(H,24,25). The number of benzene rings is 1. The summed E-state index contributed by atoms with van der Waals surface area (Å²) in [6.45, 7) is 10.4. The summed E-state index contributed by atoms with van der Waals surface area (Å²) in [5.74, 6) is -1.20. The lowest BCUT2D eigenvalue weighted by atomic mass is 10.1. The SMILES string of the molecule is CC(C)(C)OC(=O)NC(Cc1cn(C(=O)OC(C)(C)C)c2ccccc12)C(=O)O. The molecule has 29 heavy (non-hydrogen) atoms. The third-order valence-corrected chi connectivity index (χ3v) is 3.80. The molecule has 2 rings (SSSR count). The van der Waals surface area contributed by atoms with E-state index in [0.717, 1.165) is 0 Å². The monoisotopic (exact) mass is 404 g/mol. The Balaban J connectivity index is 2.33. The van der Waals surface area contributed by atoms with E-state index in [-0.39, 0.29) is 6.42 Å². The molecule has 0 radical (unpaired) electrons. The number of nitrogens with one attached hydrogen (secondary N) is 1. The maximum atomic E-state index is 12.6. The van der Waals surface area contributed by atoms with Gasteiger partial charge in [0.1, 0.15) is 17.2 Å². The second-order valence-electron chi connectivity index (χ2n) is 8.76. The van der Waals surface area contributed by atoms with Crippen LogP contribution in [0.5, 0.6) is 0 Å². The van der Waals surface area contributed by atoms with Crippen molar-refractivity contribution in [1.82, 2.24) is 9.88 Å². The minimum Gasteiger partial charge on any atom is -0.480 e. The molecule has 0 fully saturated rings. The number of carbonyl (C=O) groups excluding carboxylic acids is 2. The molecule has 1 unspecified atom stereocenters. The highest BCUT2D eigenvalue weighted by atomic mass is 16.6. The predicted octanol–water partition coefficient (Wildman–Crippen LogP) is 3.94. The molecule has 1 aromatic heterocycles. The summed E-state index contributed by atoms with van der Waals surface area (Å²) >= 11 is 0. The van der Waals surface area contributed by atoms with Crippen LogP contribution >= 0.6 is 0 Å². The number of rotatable bonds is 4. The minimum absolute atomic E-state index is 0.0229. The summed E-state index contributed by atoms with van der Waals surface area (Å²) in [6.07, 6.45) is 0.142. The van der Waals surface area contributed by atoms with Crippen molar-refractivity contribution in [2.45, 2.75) is 65.2 Å². The number of nitrogens with zero attached hydrogens (tertiary/aromatic N) is 1. The van der Waals surface area contributed by atoms with Crippen LogP contribution < -0.4 is 5.32 Å². The van der Waals surface area contributed by atoms with Crippen LogP contribution in [-0.4, -0.2) is 45.1 Å². The van der Waals surface area contributed by atoms with Gasteiger partial charge in [0.25, 0.3) is 0 Å². The first-order valence-corrected chi connectivity index (χ1v) is 9.31. The molecule has 8 heteroatoms. The van der Waals surface area contributed by atoms with Crippen LogP contribution in [0.4, 0.5) is 9.59 Å². The number of para-hydroxylation sites is 1.